The summed E-state index contributed by atoms with van der Waals surface area (Å²) in [6.45, 7) is 0. The van der Waals surface area contributed by atoms with Crippen LogP contribution < -0.4 is 5.56 Å². The van der Waals surface area contributed by atoms with Crippen molar-refractivity contribution in [2.24, 2.45) is 7.05 Å². The largest absolute Gasteiger partial charge is 0.478 e. The minimum Gasteiger partial charge on any atom is -0.478 e. The number of hydrogen-bond acceptors (Lipinski definition) is 3. The van der Waals surface area contributed by atoms with Crippen molar-refractivity contribution in [2.45, 2.75) is 0 Å². The third-order valence-corrected chi connectivity index (χ3v) is 3.40. The van der Waals surface area contributed by atoms with Gasteiger partial charge < -0.3 is 5.11 Å². The number of carboxylic acids is 1. The highest BCUT2D eigenvalue weighted by atomic mass is 16.4. The Balaban J connectivity index is 2.14. The van der Waals surface area contributed by atoms with Crippen LogP contribution in [0, 0.1) is 0 Å². The Morgan fingerprint density at radius 2 is 2.00 bits per heavy atom. The van der Waals surface area contributed by atoms with E-state index in [9.17, 15) is 9.59 Å². The van der Waals surface area contributed by atoms with Crippen molar-refractivity contribution in [3.05, 3.63) is 70.8 Å². The van der Waals surface area contributed by atoms with Crippen molar-refractivity contribution >= 4 is 5.97 Å². The van der Waals surface area contributed by atoms with Gasteiger partial charge in [0, 0.05) is 36.8 Å². The fourth-order valence-electron chi connectivity index (χ4n) is 2.29. The van der Waals surface area contributed by atoms with Crippen LogP contribution in [0.1, 0.15) is 10.4 Å². The monoisotopic (exact) mass is 295 g/mol. The molecule has 3 aromatic rings. The summed E-state index contributed by atoms with van der Waals surface area (Å²) in [5.41, 5.74) is 2.18. The predicted molar refractivity (Wildman–Crippen MR) is 81.2 cm³/mol. The Morgan fingerprint density at radius 3 is 2.68 bits per heavy atom. The van der Waals surface area contributed by atoms with E-state index in [1.54, 1.807) is 16.9 Å². The van der Waals surface area contributed by atoms with Crippen LogP contribution in [0.25, 0.3) is 16.9 Å². The van der Waals surface area contributed by atoms with Gasteiger partial charge in [0.15, 0.2) is 0 Å². The molecule has 2 aromatic heterocycles. The van der Waals surface area contributed by atoms with Gasteiger partial charge in [-0.2, -0.15) is 5.10 Å². The molecule has 0 aliphatic carbocycles. The van der Waals surface area contributed by atoms with E-state index < -0.39 is 5.97 Å². The summed E-state index contributed by atoms with van der Waals surface area (Å²) < 4.78 is 3.05. The van der Waals surface area contributed by atoms with Crippen molar-refractivity contribution in [3.63, 3.8) is 0 Å². The van der Waals surface area contributed by atoms with Gasteiger partial charge in [0.05, 0.1) is 11.3 Å². The van der Waals surface area contributed by atoms with E-state index in [0.717, 1.165) is 11.3 Å². The van der Waals surface area contributed by atoms with Crippen LogP contribution in [0.15, 0.2) is 59.7 Å². The van der Waals surface area contributed by atoms with Gasteiger partial charge in [0.2, 0.25) is 0 Å². The molecule has 0 atom stereocenters. The zero-order valence-electron chi connectivity index (χ0n) is 11.8. The first-order valence-electron chi connectivity index (χ1n) is 6.61. The molecule has 0 aliphatic rings. The van der Waals surface area contributed by atoms with Gasteiger partial charge in [-0.05, 0) is 24.3 Å². The molecule has 22 heavy (non-hydrogen) atoms. The van der Waals surface area contributed by atoms with Crippen molar-refractivity contribution in [1.29, 1.82) is 0 Å². The van der Waals surface area contributed by atoms with Crippen LogP contribution in [-0.4, -0.2) is 25.4 Å². The maximum atomic E-state index is 12.0. The van der Waals surface area contributed by atoms with Crippen molar-refractivity contribution < 1.29 is 9.90 Å². The average molecular weight is 295 g/mol. The molecule has 2 heterocycles. The Hall–Kier alpha value is -3.15. The molecule has 6 nitrogen and oxygen atoms in total. The van der Waals surface area contributed by atoms with Gasteiger partial charge >= 0.3 is 5.97 Å². The first-order chi connectivity index (χ1) is 10.6. The van der Waals surface area contributed by atoms with Gasteiger partial charge in [0.1, 0.15) is 0 Å². The molecule has 110 valence electrons. The highest BCUT2D eigenvalue weighted by Crippen LogP contribution is 2.20. The number of aryl methyl sites for hydroxylation is 1. The summed E-state index contributed by atoms with van der Waals surface area (Å²) in [4.78, 5) is 23.1. The zero-order valence-corrected chi connectivity index (χ0v) is 11.8. The maximum Gasteiger partial charge on any atom is 0.337 e. The minimum atomic E-state index is -1.07. The van der Waals surface area contributed by atoms with Gasteiger partial charge in [-0.1, -0.05) is 12.1 Å². The van der Waals surface area contributed by atoms with E-state index in [4.69, 9.17) is 5.11 Å². The number of aromatic carboxylic acids is 1. The molecule has 0 amide bonds. The molecule has 1 aromatic carbocycles. The van der Waals surface area contributed by atoms with Crippen molar-refractivity contribution in [1.82, 2.24) is 14.3 Å². The smallest absolute Gasteiger partial charge is 0.337 e. The number of hydrogen-bond donors (Lipinski definition) is 1. The highest BCUT2D eigenvalue weighted by Gasteiger charge is 2.08. The molecule has 1 N–H and O–H groups in total. The zero-order chi connectivity index (χ0) is 15.7. The summed E-state index contributed by atoms with van der Waals surface area (Å²) in [6.07, 6.45) is 3.02. The fourth-order valence-corrected chi connectivity index (χ4v) is 2.29. The second kappa shape index (κ2) is 5.33. The summed E-state index contributed by atoms with van der Waals surface area (Å²) in [5, 5.41) is 13.2. The molecule has 0 saturated carbocycles. The number of carbonyl (C=O) groups is 1. The van der Waals surface area contributed by atoms with Gasteiger partial charge in [-0.15, -0.1) is 0 Å². The van der Waals surface area contributed by atoms with E-state index in [1.807, 2.05) is 31.3 Å². The van der Waals surface area contributed by atoms with Crippen LogP contribution in [0.2, 0.25) is 0 Å². The quantitative estimate of drug-likeness (QED) is 0.801. The van der Waals surface area contributed by atoms with Gasteiger partial charge in [-0.3, -0.25) is 14.0 Å². The topological polar surface area (TPSA) is 77.1 Å². The first-order valence-corrected chi connectivity index (χ1v) is 6.61. The summed E-state index contributed by atoms with van der Waals surface area (Å²) in [6, 6.07) is 11.7. The van der Waals surface area contributed by atoms with Gasteiger partial charge in [-0.25, -0.2) is 4.79 Å². The summed E-state index contributed by atoms with van der Waals surface area (Å²) >= 11 is 0. The van der Waals surface area contributed by atoms with Crippen LogP contribution in [0.5, 0.6) is 0 Å². The molecule has 0 saturated heterocycles. The summed E-state index contributed by atoms with van der Waals surface area (Å²) in [5.74, 6) is -1.07. The maximum absolute atomic E-state index is 12.0. The van der Waals surface area contributed by atoms with E-state index in [-0.39, 0.29) is 11.1 Å². The van der Waals surface area contributed by atoms with Crippen LogP contribution in [0.3, 0.4) is 0 Å². The standard InChI is InChI=1S/C16H13N3O3/c1-18-14(7-8-17-18)11-3-2-4-13(9-11)19-10-12(16(21)22)5-6-15(19)20/h2-10H,1H3,(H,21,22). The number of carboxylic acid groups (broad SMARTS) is 1. The van der Waals surface area contributed by atoms with Crippen LogP contribution in [-0.2, 0) is 7.05 Å². The number of aromatic nitrogens is 3. The molecule has 0 aliphatic heterocycles. The third-order valence-electron chi connectivity index (χ3n) is 3.40. The van der Waals surface area contributed by atoms with Gasteiger partial charge in [0.25, 0.3) is 5.56 Å². The predicted octanol–water partition coefficient (Wildman–Crippen LogP) is 1.94. The lowest BCUT2D eigenvalue weighted by Gasteiger charge is -2.09. The molecular formula is C16H13N3O3. The van der Waals surface area contributed by atoms with Crippen LogP contribution >= 0.6 is 0 Å². The number of rotatable bonds is 3. The number of benzene rings is 1. The molecule has 0 fully saturated rings. The van der Waals surface area contributed by atoms with E-state index in [1.165, 1.54) is 22.9 Å². The van der Waals surface area contributed by atoms with E-state index in [2.05, 4.69) is 5.10 Å². The molecule has 0 spiro atoms. The molecule has 0 radical (unpaired) electrons. The first kappa shape index (κ1) is 13.8. The Kier molecular flexibility index (Phi) is 3.34. The number of nitrogens with zero attached hydrogens (tertiary/aromatic N) is 3. The van der Waals surface area contributed by atoms with E-state index >= 15 is 0 Å². The van der Waals surface area contributed by atoms with E-state index in [0.29, 0.717) is 5.69 Å². The lowest BCUT2D eigenvalue weighted by atomic mass is 10.1. The lowest BCUT2D eigenvalue weighted by molar-refractivity contribution is 0.0696. The Bertz CT molecular complexity index is 909. The average Bonchev–Trinajstić information content (AvgIpc) is 2.94. The summed E-state index contributed by atoms with van der Waals surface area (Å²) in [7, 11) is 1.83. The molecule has 0 unspecified atom stereocenters. The highest BCUT2D eigenvalue weighted by molar-refractivity contribution is 5.87. The number of pyridine rings is 1. The normalized spacial score (nSPS) is 10.6. The molecule has 6 heteroatoms. The van der Waals surface area contributed by atoms with Crippen molar-refractivity contribution in [3.8, 4) is 16.9 Å². The molecule has 3 rings (SSSR count). The molecule has 0 bridgehead atoms. The SMILES string of the molecule is Cn1nccc1-c1cccc(-n2cc(C(=O)O)ccc2=O)c1. The Morgan fingerprint density at radius 1 is 1.18 bits per heavy atom. The minimum absolute atomic E-state index is 0.0607. The lowest BCUT2D eigenvalue weighted by Crippen LogP contribution is -2.18. The third kappa shape index (κ3) is 2.42. The second-order valence-electron chi connectivity index (χ2n) is 4.82. The Labute approximate surface area is 125 Å². The fraction of sp³-hybridized carbons (Fsp3) is 0.0625. The second-order valence-corrected chi connectivity index (χ2v) is 4.82. The molecular weight excluding hydrogens is 282 g/mol. The van der Waals surface area contributed by atoms with Crippen LogP contribution in [0.4, 0.5) is 0 Å². The van der Waals surface area contributed by atoms with Crippen molar-refractivity contribution in [2.75, 3.05) is 0 Å².